The molecule has 0 aliphatic rings. The maximum absolute atomic E-state index is 12.5. The van der Waals surface area contributed by atoms with Crippen molar-refractivity contribution in [3.05, 3.63) is 52.2 Å². The molecule has 3 rings (SSSR count). The van der Waals surface area contributed by atoms with Gasteiger partial charge in [0.25, 0.3) is 11.5 Å². The molecule has 1 amide bonds. The third-order valence-corrected chi connectivity index (χ3v) is 3.78. The summed E-state index contributed by atoms with van der Waals surface area (Å²) >= 11 is 0. The zero-order valence-electron chi connectivity index (χ0n) is 14.3. The van der Waals surface area contributed by atoms with E-state index in [-0.39, 0.29) is 23.1 Å². The average molecular weight is 340 g/mol. The third-order valence-electron chi connectivity index (χ3n) is 3.78. The van der Waals surface area contributed by atoms with Crippen molar-refractivity contribution in [2.75, 3.05) is 12.4 Å². The van der Waals surface area contributed by atoms with Crippen molar-refractivity contribution in [2.24, 2.45) is 5.92 Å². The number of ether oxygens (including phenoxy) is 1. The van der Waals surface area contributed by atoms with Crippen molar-refractivity contribution in [2.45, 2.75) is 20.3 Å². The highest BCUT2D eigenvalue weighted by atomic mass is 16.5. The SMILES string of the molecule is COc1nc(CC(C)C)c(=O)[nH]c1C(=O)Nc1ccc2[nH]ccc2c1. The number of benzene rings is 1. The Morgan fingerprint density at radius 3 is 2.84 bits per heavy atom. The number of anilines is 1. The lowest BCUT2D eigenvalue weighted by Crippen LogP contribution is -2.25. The number of hydrogen-bond donors (Lipinski definition) is 3. The van der Waals surface area contributed by atoms with Gasteiger partial charge in [0.1, 0.15) is 5.69 Å². The van der Waals surface area contributed by atoms with Gasteiger partial charge in [-0.15, -0.1) is 0 Å². The molecule has 0 aliphatic heterocycles. The summed E-state index contributed by atoms with van der Waals surface area (Å²) in [6.07, 6.45) is 2.34. The standard InChI is InChI=1S/C18H20N4O3/c1-10(2)8-14-16(23)22-15(18(21-14)25-3)17(24)20-12-4-5-13-11(9-12)6-7-19-13/h4-7,9-10,19H,8H2,1-3H3,(H,20,24)(H,22,23). The Morgan fingerprint density at radius 1 is 1.32 bits per heavy atom. The molecule has 2 heterocycles. The lowest BCUT2D eigenvalue weighted by Gasteiger charge is -2.11. The maximum Gasteiger partial charge on any atom is 0.277 e. The molecule has 0 fully saturated rings. The molecule has 0 aliphatic carbocycles. The fraction of sp³-hybridized carbons (Fsp3) is 0.278. The lowest BCUT2D eigenvalue weighted by atomic mass is 10.1. The predicted molar refractivity (Wildman–Crippen MR) is 96.2 cm³/mol. The molecule has 0 saturated heterocycles. The molecule has 7 nitrogen and oxygen atoms in total. The van der Waals surface area contributed by atoms with Crippen LogP contribution in [0, 0.1) is 5.92 Å². The second-order valence-electron chi connectivity index (χ2n) is 6.23. The van der Waals surface area contributed by atoms with E-state index >= 15 is 0 Å². The fourth-order valence-electron chi connectivity index (χ4n) is 2.62. The van der Waals surface area contributed by atoms with Crippen LogP contribution in [-0.4, -0.2) is 28.0 Å². The summed E-state index contributed by atoms with van der Waals surface area (Å²) in [4.78, 5) is 34.6. The van der Waals surface area contributed by atoms with Gasteiger partial charge in [-0.1, -0.05) is 13.8 Å². The van der Waals surface area contributed by atoms with Crippen molar-refractivity contribution >= 4 is 22.5 Å². The molecular formula is C18H20N4O3. The van der Waals surface area contributed by atoms with Crippen LogP contribution in [0.3, 0.4) is 0 Å². The van der Waals surface area contributed by atoms with Crippen LogP contribution >= 0.6 is 0 Å². The number of aromatic amines is 2. The summed E-state index contributed by atoms with van der Waals surface area (Å²) in [7, 11) is 1.42. The van der Waals surface area contributed by atoms with Gasteiger partial charge >= 0.3 is 0 Å². The summed E-state index contributed by atoms with van der Waals surface area (Å²) in [5.41, 5.74) is 1.59. The largest absolute Gasteiger partial charge is 0.479 e. The van der Waals surface area contributed by atoms with Crippen LogP contribution in [0.25, 0.3) is 10.9 Å². The van der Waals surface area contributed by atoms with E-state index in [2.05, 4.69) is 20.3 Å². The number of methoxy groups -OCH3 is 1. The maximum atomic E-state index is 12.5. The number of carbonyl (C=O) groups excluding carboxylic acids is 1. The number of fused-ring (bicyclic) bond motifs is 1. The van der Waals surface area contributed by atoms with E-state index in [1.165, 1.54) is 7.11 Å². The Kier molecular flexibility index (Phi) is 4.56. The molecule has 0 spiro atoms. The predicted octanol–water partition coefficient (Wildman–Crippen LogP) is 2.71. The minimum absolute atomic E-state index is 0.00849. The van der Waals surface area contributed by atoms with Crippen LogP contribution in [0.2, 0.25) is 0 Å². The normalized spacial score (nSPS) is 11.0. The van der Waals surface area contributed by atoms with Crippen molar-refractivity contribution in [3.63, 3.8) is 0 Å². The van der Waals surface area contributed by atoms with Gasteiger partial charge in [0.2, 0.25) is 5.88 Å². The smallest absolute Gasteiger partial charge is 0.277 e. The zero-order chi connectivity index (χ0) is 18.0. The van der Waals surface area contributed by atoms with Crippen molar-refractivity contribution in [3.8, 4) is 5.88 Å². The first-order chi connectivity index (χ1) is 12.0. The first-order valence-electron chi connectivity index (χ1n) is 8.03. The second kappa shape index (κ2) is 6.80. The third kappa shape index (κ3) is 3.55. The average Bonchev–Trinajstić information content (AvgIpc) is 3.03. The van der Waals surface area contributed by atoms with Crippen LogP contribution in [0.5, 0.6) is 5.88 Å². The molecule has 0 bridgehead atoms. The summed E-state index contributed by atoms with van der Waals surface area (Å²) in [5.74, 6) is -0.103. The number of rotatable bonds is 5. The molecule has 3 aromatic rings. The monoisotopic (exact) mass is 340 g/mol. The minimum Gasteiger partial charge on any atom is -0.479 e. The van der Waals surface area contributed by atoms with Gasteiger partial charge in [0.15, 0.2) is 5.69 Å². The molecule has 1 aromatic carbocycles. The van der Waals surface area contributed by atoms with E-state index < -0.39 is 5.91 Å². The highest BCUT2D eigenvalue weighted by Crippen LogP contribution is 2.20. The number of carbonyl (C=O) groups is 1. The van der Waals surface area contributed by atoms with Crippen LogP contribution in [0.1, 0.15) is 30.0 Å². The van der Waals surface area contributed by atoms with Crippen LogP contribution in [0.15, 0.2) is 35.3 Å². The lowest BCUT2D eigenvalue weighted by molar-refractivity contribution is 0.101. The molecule has 0 atom stereocenters. The summed E-state index contributed by atoms with van der Waals surface area (Å²) < 4.78 is 5.19. The van der Waals surface area contributed by atoms with Gasteiger partial charge < -0.3 is 20.0 Å². The highest BCUT2D eigenvalue weighted by Gasteiger charge is 2.18. The molecule has 3 N–H and O–H groups in total. The summed E-state index contributed by atoms with van der Waals surface area (Å²) in [6, 6.07) is 7.40. The fourth-order valence-corrected chi connectivity index (χ4v) is 2.62. The Hall–Kier alpha value is -3.09. The van der Waals surface area contributed by atoms with E-state index in [4.69, 9.17) is 4.74 Å². The topological polar surface area (TPSA) is 99.9 Å². The van der Waals surface area contributed by atoms with Crippen molar-refractivity contribution < 1.29 is 9.53 Å². The van der Waals surface area contributed by atoms with Gasteiger partial charge in [-0.2, -0.15) is 0 Å². The summed E-state index contributed by atoms with van der Waals surface area (Å²) in [5, 5.41) is 3.73. The Balaban J connectivity index is 1.90. The quantitative estimate of drug-likeness (QED) is 0.665. The van der Waals surface area contributed by atoms with E-state index in [0.29, 0.717) is 17.8 Å². The van der Waals surface area contributed by atoms with Gasteiger partial charge in [-0.3, -0.25) is 9.59 Å². The highest BCUT2D eigenvalue weighted by molar-refractivity contribution is 6.05. The van der Waals surface area contributed by atoms with E-state index in [1.54, 1.807) is 6.07 Å². The van der Waals surface area contributed by atoms with Gasteiger partial charge in [-0.05, 0) is 36.6 Å². The number of hydrogen-bond acceptors (Lipinski definition) is 4. The molecule has 2 aromatic heterocycles. The second-order valence-corrected chi connectivity index (χ2v) is 6.23. The van der Waals surface area contributed by atoms with Crippen LogP contribution < -0.4 is 15.6 Å². The molecule has 25 heavy (non-hydrogen) atoms. The zero-order valence-corrected chi connectivity index (χ0v) is 14.3. The first kappa shape index (κ1) is 16.8. The molecule has 7 heteroatoms. The van der Waals surface area contributed by atoms with E-state index in [9.17, 15) is 9.59 Å². The van der Waals surface area contributed by atoms with Gasteiger partial charge in [-0.25, -0.2) is 4.98 Å². The molecular weight excluding hydrogens is 320 g/mol. The minimum atomic E-state index is -0.479. The van der Waals surface area contributed by atoms with Crippen molar-refractivity contribution in [1.29, 1.82) is 0 Å². The Morgan fingerprint density at radius 2 is 2.12 bits per heavy atom. The number of H-pyrrole nitrogens is 2. The first-order valence-corrected chi connectivity index (χ1v) is 8.03. The number of amides is 1. The van der Waals surface area contributed by atoms with Crippen LogP contribution in [0.4, 0.5) is 5.69 Å². The van der Waals surface area contributed by atoms with E-state index in [0.717, 1.165) is 10.9 Å². The number of nitrogens with zero attached hydrogens (tertiary/aromatic N) is 1. The summed E-state index contributed by atoms with van der Waals surface area (Å²) in [6.45, 7) is 3.98. The number of aromatic nitrogens is 3. The Labute approximate surface area is 144 Å². The Bertz CT molecular complexity index is 972. The van der Waals surface area contributed by atoms with Crippen LogP contribution in [-0.2, 0) is 6.42 Å². The number of nitrogens with one attached hydrogen (secondary N) is 3. The van der Waals surface area contributed by atoms with Crippen molar-refractivity contribution in [1.82, 2.24) is 15.0 Å². The van der Waals surface area contributed by atoms with E-state index in [1.807, 2.05) is 38.2 Å². The molecule has 0 saturated carbocycles. The molecule has 130 valence electrons. The molecule has 0 radical (unpaired) electrons. The van der Waals surface area contributed by atoms with Gasteiger partial charge in [0.05, 0.1) is 7.11 Å². The van der Waals surface area contributed by atoms with Gasteiger partial charge in [0, 0.05) is 22.8 Å². The molecule has 0 unspecified atom stereocenters.